The highest BCUT2D eigenvalue weighted by atomic mass is 19.1. The van der Waals surface area contributed by atoms with E-state index in [0.29, 0.717) is 11.7 Å². The normalized spacial score (nSPS) is 14.4. The van der Waals surface area contributed by atoms with Crippen molar-refractivity contribution < 1.29 is 9.13 Å². The maximum Gasteiger partial charge on any atom is 0.254 e. The lowest BCUT2D eigenvalue weighted by Crippen LogP contribution is -2.10. The van der Waals surface area contributed by atoms with Crippen molar-refractivity contribution in [1.29, 1.82) is 0 Å². The van der Waals surface area contributed by atoms with Crippen LogP contribution < -0.4 is 16.0 Å². The van der Waals surface area contributed by atoms with Gasteiger partial charge in [0, 0.05) is 12.0 Å². The monoisotopic (exact) mass is 261 g/mol. The minimum Gasteiger partial charge on any atom is -0.436 e. The Kier molecular flexibility index (Phi) is 2.70. The summed E-state index contributed by atoms with van der Waals surface area (Å²) in [6.07, 6.45) is 2.02. The Hall–Kier alpha value is -2.37. The predicted octanol–water partition coefficient (Wildman–Crippen LogP) is 2.16. The van der Waals surface area contributed by atoms with Gasteiger partial charge in [0.05, 0.1) is 11.8 Å². The summed E-state index contributed by atoms with van der Waals surface area (Å²) >= 11 is 0. The summed E-state index contributed by atoms with van der Waals surface area (Å²) in [7, 11) is 0. The number of hydrogen-bond acceptors (Lipinski definition) is 4. The Morgan fingerprint density at radius 2 is 2.16 bits per heavy atom. The van der Waals surface area contributed by atoms with Crippen molar-refractivity contribution in [1.82, 2.24) is 9.97 Å². The van der Waals surface area contributed by atoms with Crippen LogP contribution in [0.15, 0.2) is 29.1 Å². The van der Waals surface area contributed by atoms with Crippen molar-refractivity contribution >= 4 is 5.69 Å². The Morgan fingerprint density at radius 1 is 1.37 bits per heavy atom. The van der Waals surface area contributed by atoms with Crippen LogP contribution in [-0.2, 0) is 0 Å². The molecule has 0 atom stereocenters. The van der Waals surface area contributed by atoms with Crippen LogP contribution in [-0.4, -0.2) is 9.97 Å². The Balaban J connectivity index is 1.94. The molecule has 1 aliphatic carbocycles. The predicted molar refractivity (Wildman–Crippen MR) is 67.7 cm³/mol. The van der Waals surface area contributed by atoms with Crippen LogP contribution in [0.1, 0.15) is 24.6 Å². The van der Waals surface area contributed by atoms with Crippen molar-refractivity contribution in [2.75, 3.05) is 5.73 Å². The van der Waals surface area contributed by atoms with Crippen molar-refractivity contribution in [3.05, 3.63) is 46.3 Å². The molecule has 0 saturated heterocycles. The lowest BCUT2D eigenvalue weighted by Gasteiger charge is -2.08. The number of nitrogens with zero attached hydrogens (tertiary/aromatic N) is 1. The number of aromatic amines is 1. The number of ether oxygens (including phenoxy) is 1. The number of nitrogens with two attached hydrogens (primary N) is 1. The maximum absolute atomic E-state index is 13.1. The fraction of sp³-hybridized carbons (Fsp3) is 0.231. The Bertz CT molecular complexity index is 680. The summed E-state index contributed by atoms with van der Waals surface area (Å²) in [4.78, 5) is 18.4. The topological polar surface area (TPSA) is 81.0 Å². The summed E-state index contributed by atoms with van der Waals surface area (Å²) in [5, 5.41) is 0. The molecule has 0 spiro atoms. The van der Waals surface area contributed by atoms with Crippen LogP contribution in [0.4, 0.5) is 10.1 Å². The first-order valence-electron chi connectivity index (χ1n) is 5.96. The second kappa shape index (κ2) is 4.38. The van der Waals surface area contributed by atoms with E-state index in [1.54, 1.807) is 0 Å². The number of nitrogens with one attached hydrogen (secondary N) is 1. The van der Waals surface area contributed by atoms with Crippen LogP contribution in [0.3, 0.4) is 0 Å². The summed E-state index contributed by atoms with van der Waals surface area (Å²) in [6, 6.07) is 5.02. The molecule has 1 aromatic carbocycles. The number of halogens is 1. The average Bonchev–Trinajstić information content (AvgIpc) is 3.17. The van der Waals surface area contributed by atoms with E-state index in [9.17, 15) is 9.18 Å². The molecule has 1 aliphatic rings. The number of hydrogen-bond donors (Lipinski definition) is 2. The molecule has 0 bridgehead atoms. The molecule has 3 rings (SSSR count). The Labute approximate surface area is 108 Å². The number of rotatable bonds is 3. The van der Waals surface area contributed by atoms with Crippen LogP contribution in [0.25, 0.3) is 0 Å². The molecule has 3 N–H and O–H groups in total. The number of anilines is 1. The second-order valence-electron chi connectivity index (χ2n) is 4.53. The zero-order valence-electron chi connectivity index (χ0n) is 10.0. The fourth-order valence-corrected chi connectivity index (χ4v) is 1.77. The van der Waals surface area contributed by atoms with E-state index in [-0.39, 0.29) is 22.9 Å². The molecule has 1 aromatic heterocycles. The third-order valence-corrected chi connectivity index (χ3v) is 2.89. The lowest BCUT2D eigenvalue weighted by atomic mass is 10.3. The van der Waals surface area contributed by atoms with E-state index < -0.39 is 5.82 Å². The molecular weight excluding hydrogens is 249 g/mol. The number of benzene rings is 1. The smallest absolute Gasteiger partial charge is 0.254 e. The third-order valence-electron chi connectivity index (χ3n) is 2.89. The molecule has 98 valence electrons. The van der Waals surface area contributed by atoms with Gasteiger partial charge in [-0.3, -0.25) is 4.79 Å². The van der Waals surface area contributed by atoms with E-state index in [2.05, 4.69) is 9.97 Å². The van der Waals surface area contributed by atoms with Gasteiger partial charge in [0.15, 0.2) is 5.75 Å². The van der Waals surface area contributed by atoms with E-state index in [0.717, 1.165) is 18.9 Å². The van der Waals surface area contributed by atoms with Gasteiger partial charge in [-0.05, 0) is 25.0 Å². The molecule has 1 fully saturated rings. The van der Waals surface area contributed by atoms with Gasteiger partial charge >= 0.3 is 0 Å². The van der Waals surface area contributed by atoms with Gasteiger partial charge in [0.1, 0.15) is 11.6 Å². The first-order valence-corrected chi connectivity index (χ1v) is 5.96. The van der Waals surface area contributed by atoms with Crippen molar-refractivity contribution in [2.24, 2.45) is 0 Å². The van der Waals surface area contributed by atoms with E-state index in [1.165, 1.54) is 18.2 Å². The second-order valence-corrected chi connectivity index (χ2v) is 4.53. The summed E-state index contributed by atoms with van der Waals surface area (Å²) in [6.45, 7) is 0. The third kappa shape index (κ3) is 2.57. The quantitative estimate of drug-likeness (QED) is 0.829. The molecule has 0 aliphatic heterocycles. The van der Waals surface area contributed by atoms with Crippen molar-refractivity contribution in [3.63, 3.8) is 0 Å². The maximum atomic E-state index is 13.1. The van der Waals surface area contributed by atoms with E-state index in [1.807, 2.05) is 0 Å². The zero-order chi connectivity index (χ0) is 13.4. The van der Waals surface area contributed by atoms with Gasteiger partial charge in [-0.1, -0.05) is 0 Å². The lowest BCUT2D eigenvalue weighted by molar-refractivity contribution is 0.455. The highest BCUT2D eigenvalue weighted by Crippen LogP contribution is 2.38. The minimum absolute atomic E-state index is 0.128. The molecule has 1 saturated carbocycles. The molecule has 1 heterocycles. The standard InChI is InChI=1S/C13H12FN3O2/c14-8-3-4-9(15)10(5-8)19-12-6-11(18)16-13(17-12)7-1-2-7/h3-7H,1-2,15H2,(H,16,17,18). The van der Waals surface area contributed by atoms with Crippen molar-refractivity contribution in [3.8, 4) is 11.6 Å². The number of H-pyrrole nitrogens is 1. The van der Waals surface area contributed by atoms with Crippen molar-refractivity contribution in [2.45, 2.75) is 18.8 Å². The molecular formula is C13H12FN3O2. The molecule has 5 nitrogen and oxygen atoms in total. The van der Waals surface area contributed by atoms with Gasteiger partial charge in [-0.15, -0.1) is 0 Å². The van der Waals surface area contributed by atoms with Gasteiger partial charge in [-0.25, -0.2) is 4.39 Å². The summed E-state index contributed by atoms with van der Waals surface area (Å²) in [5.74, 6) is 0.720. The number of nitrogen functional groups attached to an aromatic ring is 1. The first-order chi connectivity index (χ1) is 9.11. The SMILES string of the molecule is Nc1ccc(F)cc1Oc1cc(=O)[nH]c(C2CC2)n1. The largest absolute Gasteiger partial charge is 0.436 e. The first kappa shape index (κ1) is 11.7. The van der Waals surface area contributed by atoms with Crippen LogP contribution >= 0.6 is 0 Å². The molecule has 19 heavy (non-hydrogen) atoms. The number of aromatic nitrogens is 2. The Morgan fingerprint density at radius 3 is 2.89 bits per heavy atom. The van der Waals surface area contributed by atoms with Crippen LogP contribution in [0, 0.1) is 5.82 Å². The van der Waals surface area contributed by atoms with Gasteiger partial charge < -0.3 is 15.5 Å². The van der Waals surface area contributed by atoms with Crippen LogP contribution in [0.5, 0.6) is 11.6 Å². The molecule has 0 radical (unpaired) electrons. The van der Waals surface area contributed by atoms with Crippen LogP contribution in [0.2, 0.25) is 0 Å². The van der Waals surface area contributed by atoms with Gasteiger partial charge in [-0.2, -0.15) is 4.98 Å². The molecule has 6 heteroatoms. The summed E-state index contributed by atoms with van der Waals surface area (Å²) < 4.78 is 18.5. The van der Waals surface area contributed by atoms with Gasteiger partial charge in [0.25, 0.3) is 5.56 Å². The highest BCUT2D eigenvalue weighted by Gasteiger charge is 2.26. The van der Waals surface area contributed by atoms with E-state index >= 15 is 0 Å². The summed E-state index contributed by atoms with van der Waals surface area (Å²) in [5.41, 5.74) is 5.68. The molecule has 0 amide bonds. The molecule has 0 unspecified atom stereocenters. The van der Waals surface area contributed by atoms with Gasteiger partial charge in [0.2, 0.25) is 5.88 Å². The van der Waals surface area contributed by atoms with E-state index in [4.69, 9.17) is 10.5 Å². The average molecular weight is 261 g/mol. The zero-order valence-corrected chi connectivity index (χ0v) is 10.0. The highest BCUT2D eigenvalue weighted by molar-refractivity contribution is 5.53. The fourth-order valence-electron chi connectivity index (χ4n) is 1.77. The molecule has 2 aromatic rings. The minimum atomic E-state index is -0.462.